The number of nitrogens with one attached hydrogen (secondary N) is 1. The normalized spacial score (nSPS) is 16.4. The SMILES string of the molecule is COC(=O)c1cn([C@H](C)C(=O)NC2CCCC2)c2ccccc12. The topological polar surface area (TPSA) is 60.3 Å². The minimum atomic E-state index is -0.386. The summed E-state index contributed by atoms with van der Waals surface area (Å²) in [5.74, 6) is -0.391. The summed E-state index contributed by atoms with van der Waals surface area (Å²) in [7, 11) is 1.37. The van der Waals surface area contributed by atoms with E-state index in [9.17, 15) is 9.59 Å². The lowest BCUT2D eigenvalue weighted by molar-refractivity contribution is -0.124. The van der Waals surface area contributed by atoms with E-state index in [-0.39, 0.29) is 24.0 Å². The van der Waals surface area contributed by atoms with Crippen molar-refractivity contribution in [1.82, 2.24) is 9.88 Å². The van der Waals surface area contributed by atoms with Gasteiger partial charge in [-0.2, -0.15) is 0 Å². The average Bonchev–Trinajstić information content (AvgIpc) is 3.21. The van der Waals surface area contributed by atoms with Gasteiger partial charge in [-0.25, -0.2) is 4.79 Å². The number of fused-ring (bicyclic) bond motifs is 1. The Hall–Kier alpha value is -2.30. The van der Waals surface area contributed by atoms with Crippen LogP contribution in [0.25, 0.3) is 10.9 Å². The van der Waals surface area contributed by atoms with Crippen LogP contribution in [0.5, 0.6) is 0 Å². The molecule has 0 unspecified atom stereocenters. The van der Waals surface area contributed by atoms with E-state index in [1.165, 1.54) is 20.0 Å². The maximum atomic E-state index is 12.5. The number of amides is 1. The molecule has 1 aromatic heterocycles. The van der Waals surface area contributed by atoms with Crippen LogP contribution in [-0.4, -0.2) is 29.6 Å². The Morgan fingerprint density at radius 1 is 1.26 bits per heavy atom. The number of para-hydroxylation sites is 1. The molecule has 1 aliphatic carbocycles. The summed E-state index contributed by atoms with van der Waals surface area (Å²) < 4.78 is 6.71. The van der Waals surface area contributed by atoms with Crippen LogP contribution in [0.1, 0.15) is 49.0 Å². The molecule has 5 heteroatoms. The zero-order chi connectivity index (χ0) is 16.4. The molecule has 5 nitrogen and oxygen atoms in total. The molecule has 3 rings (SSSR count). The highest BCUT2D eigenvalue weighted by Crippen LogP contribution is 2.26. The Bertz CT molecular complexity index is 729. The molecular weight excluding hydrogens is 292 g/mol. The van der Waals surface area contributed by atoms with E-state index in [4.69, 9.17) is 4.74 Å². The van der Waals surface area contributed by atoms with Crippen LogP contribution in [0.3, 0.4) is 0 Å². The summed E-state index contributed by atoms with van der Waals surface area (Å²) in [5.41, 5.74) is 1.35. The summed E-state index contributed by atoms with van der Waals surface area (Å²) >= 11 is 0. The molecule has 0 radical (unpaired) electrons. The van der Waals surface area contributed by atoms with Crippen molar-refractivity contribution in [2.24, 2.45) is 0 Å². The average molecular weight is 314 g/mol. The number of hydrogen-bond donors (Lipinski definition) is 1. The number of hydrogen-bond acceptors (Lipinski definition) is 3. The zero-order valence-electron chi connectivity index (χ0n) is 13.5. The van der Waals surface area contributed by atoms with Gasteiger partial charge in [0, 0.05) is 23.1 Å². The predicted molar refractivity (Wildman–Crippen MR) is 88.4 cm³/mol. The highest BCUT2D eigenvalue weighted by Gasteiger charge is 2.24. The molecule has 0 bridgehead atoms. The molecule has 1 aliphatic rings. The van der Waals surface area contributed by atoms with Crippen LogP contribution in [0.4, 0.5) is 0 Å². The van der Waals surface area contributed by atoms with E-state index in [1.54, 1.807) is 6.20 Å². The molecule has 1 heterocycles. The summed E-state index contributed by atoms with van der Waals surface area (Å²) in [6, 6.07) is 7.48. The van der Waals surface area contributed by atoms with Crippen molar-refractivity contribution >= 4 is 22.8 Å². The van der Waals surface area contributed by atoms with Gasteiger partial charge in [0.25, 0.3) is 0 Å². The quantitative estimate of drug-likeness (QED) is 0.882. The molecule has 0 saturated heterocycles. The third kappa shape index (κ3) is 2.96. The Morgan fingerprint density at radius 2 is 1.96 bits per heavy atom. The first kappa shape index (κ1) is 15.6. The van der Waals surface area contributed by atoms with E-state index >= 15 is 0 Å². The van der Waals surface area contributed by atoms with Gasteiger partial charge in [-0.1, -0.05) is 31.0 Å². The maximum Gasteiger partial charge on any atom is 0.340 e. The summed E-state index contributed by atoms with van der Waals surface area (Å²) in [6.07, 6.45) is 6.18. The number of aromatic nitrogens is 1. The molecule has 0 spiro atoms. The molecule has 1 saturated carbocycles. The second-order valence-corrected chi connectivity index (χ2v) is 6.12. The monoisotopic (exact) mass is 314 g/mol. The zero-order valence-corrected chi connectivity index (χ0v) is 13.5. The Kier molecular flexibility index (Phi) is 4.37. The van der Waals surface area contributed by atoms with Crippen molar-refractivity contribution in [3.05, 3.63) is 36.0 Å². The van der Waals surface area contributed by atoms with Gasteiger partial charge in [-0.05, 0) is 25.8 Å². The van der Waals surface area contributed by atoms with Crippen LogP contribution in [0, 0.1) is 0 Å². The molecule has 1 N–H and O–H groups in total. The Morgan fingerprint density at radius 3 is 2.65 bits per heavy atom. The second-order valence-electron chi connectivity index (χ2n) is 6.12. The third-order valence-corrected chi connectivity index (χ3v) is 4.64. The van der Waals surface area contributed by atoms with E-state index in [1.807, 2.05) is 35.8 Å². The number of benzene rings is 1. The maximum absolute atomic E-state index is 12.5. The highest BCUT2D eigenvalue weighted by molar-refractivity contribution is 6.04. The van der Waals surface area contributed by atoms with Gasteiger partial charge < -0.3 is 14.6 Å². The van der Waals surface area contributed by atoms with Crippen LogP contribution in [0.15, 0.2) is 30.5 Å². The summed E-state index contributed by atoms with van der Waals surface area (Å²) in [4.78, 5) is 24.5. The number of methoxy groups -OCH3 is 1. The van der Waals surface area contributed by atoms with Crippen molar-refractivity contribution in [2.45, 2.75) is 44.7 Å². The standard InChI is InChI=1S/C18H22N2O3/c1-12(17(21)19-13-7-3-4-8-13)20-11-15(18(22)23-2)14-9-5-6-10-16(14)20/h5-6,9-13H,3-4,7-8H2,1-2H3,(H,19,21)/t12-/m1/s1. The van der Waals surface area contributed by atoms with Crippen LogP contribution < -0.4 is 5.32 Å². The van der Waals surface area contributed by atoms with Gasteiger partial charge in [-0.15, -0.1) is 0 Å². The number of nitrogens with zero attached hydrogens (tertiary/aromatic N) is 1. The van der Waals surface area contributed by atoms with Crippen LogP contribution in [-0.2, 0) is 9.53 Å². The van der Waals surface area contributed by atoms with Gasteiger partial charge in [0.2, 0.25) is 5.91 Å². The van der Waals surface area contributed by atoms with Crippen molar-refractivity contribution in [1.29, 1.82) is 0 Å². The minimum Gasteiger partial charge on any atom is -0.465 e. The van der Waals surface area contributed by atoms with Crippen molar-refractivity contribution in [3.63, 3.8) is 0 Å². The van der Waals surface area contributed by atoms with Crippen molar-refractivity contribution in [2.75, 3.05) is 7.11 Å². The van der Waals surface area contributed by atoms with E-state index in [0.717, 1.165) is 23.7 Å². The molecule has 1 amide bonds. The first-order valence-electron chi connectivity index (χ1n) is 8.10. The van der Waals surface area contributed by atoms with E-state index in [2.05, 4.69) is 5.32 Å². The first-order chi connectivity index (χ1) is 11.1. The molecule has 23 heavy (non-hydrogen) atoms. The van der Waals surface area contributed by atoms with Gasteiger partial charge >= 0.3 is 5.97 Å². The second kappa shape index (κ2) is 6.44. The van der Waals surface area contributed by atoms with Gasteiger partial charge in [0.1, 0.15) is 6.04 Å². The fourth-order valence-corrected chi connectivity index (χ4v) is 3.32. The lowest BCUT2D eigenvalue weighted by atomic mass is 10.2. The predicted octanol–water partition coefficient (Wildman–Crippen LogP) is 3.05. The van der Waals surface area contributed by atoms with Gasteiger partial charge in [0.05, 0.1) is 12.7 Å². The van der Waals surface area contributed by atoms with E-state index < -0.39 is 0 Å². The molecule has 0 aliphatic heterocycles. The van der Waals surface area contributed by atoms with Gasteiger partial charge in [-0.3, -0.25) is 4.79 Å². The number of ether oxygens (including phenoxy) is 1. The van der Waals surface area contributed by atoms with Gasteiger partial charge in [0.15, 0.2) is 0 Å². The molecular formula is C18H22N2O3. The summed E-state index contributed by atoms with van der Waals surface area (Å²) in [5, 5.41) is 3.92. The Balaban J connectivity index is 1.92. The third-order valence-electron chi connectivity index (χ3n) is 4.64. The molecule has 1 atom stereocenters. The summed E-state index contributed by atoms with van der Waals surface area (Å²) in [6.45, 7) is 1.86. The van der Waals surface area contributed by atoms with E-state index in [0.29, 0.717) is 5.56 Å². The number of carbonyl (C=O) groups is 2. The largest absolute Gasteiger partial charge is 0.465 e. The Labute approximate surface area is 135 Å². The number of rotatable bonds is 4. The molecule has 122 valence electrons. The van der Waals surface area contributed by atoms with Crippen LogP contribution in [0.2, 0.25) is 0 Å². The fourth-order valence-electron chi connectivity index (χ4n) is 3.32. The number of esters is 1. The van der Waals surface area contributed by atoms with Crippen molar-refractivity contribution < 1.29 is 14.3 Å². The minimum absolute atomic E-state index is 0.00549. The lowest BCUT2D eigenvalue weighted by Gasteiger charge is -2.18. The number of carbonyl (C=O) groups excluding carboxylic acids is 2. The van der Waals surface area contributed by atoms with Crippen LogP contribution >= 0.6 is 0 Å². The smallest absolute Gasteiger partial charge is 0.340 e. The lowest BCUT2D eigenvalue weighted by Crippen LogP contribution is -2.37. The first-order valence-corrected chi connectivity index (χ1v) is 8.10. The fraction of sp³-hybridized carbons (Fsp3) is 0.444. The molecule has 1 aromatic carbocycles. The van der Waals surface area contributed by atoms with Crippen molar-refractivity contribution in [3.8, 4) is 0 Å². The molecule has 2 aromatic rings. The highest BCUT2D eigenvalue weighted by atomic mass is 16.5. The molecule has 1 fully saturated rings.